The van der Waals surface area contributed by atoms with Crippen molar-refractivity contribution in [1.29, 1.82) is 0 Å². The van der Waals surface area contributed by atoms with E-state index in [1.54, 1.807) is 12.1 Å². The van der Waals surface area contributed by atoms with Crippen LogP contribution in [0.5, 0.6) is 5.75 Å². The molecule has 0 spiro atoms. The summed E-state index contributed by atoms with van der Waals surface area (Å²) in [6.07, 6.45) is 6.24. The molecule has 4 aromatic rings. The second-order valence-corrected chi connectivity index (χ2v) is 9.44. The van der Waals surface area contributed by atoms with Gasteiger partial charge in [0.1, 0.15) is 17.3 Å². The third-order valence-electron chi connectivity index (χ3n) is 6.73. The number of para-hydroxylation sites is 1. The molecule has 10 heteroatoms. The Labute approximate surface area is 206 Å². The number of aromatic nitrogens is 4. The van der Waals surface area contributed by atoms with Gasteiger partial charge in [-0.25, -0.2) is 14.3 Å². The predicted molar refractivity (Wildman–Crippen MR) is 136 cm³/mol. The van der Waals surface area contributed by atoms with Gasteiger partial charge in [0.05, 0.1) is 10.4 Å². The molecule has 1 saturated carbocycles. The minimum Gasteiger partial charge on any atom is -0.506 e. The highest BCUT2D eigenvalue weighted by Crippen LogP contribution is 2.32. The SMILES string of the molecule is Nc1c2cnc(Nc3ccc4c(c3)CCN(C3CC3)CC4)nc2nc(=O)n1-c1c(O)cccc1Cl. The number of aromatic hydroxyl groups is 1. The van der Waals surface area contributed by atoms with Crippen molar-refractivity contribution in [2.24, 2.45) is 0 Å². The molecule has 35 heavy (non-hydrogen) atoms. The Morgan fingerprint density at radius 1 is 1.09 bits per heavy atom. The normalized spacial score (nSPS) is 16.1. The van der Waals surface area contributed by atoms with Crippen LogP contribution in [-0.4, -0.2) is 48.7 Å². The van der Waals surface area contributed by atoms with Crippen LogP contribution >= 0.6 is 11.6 Å². The summed E-state index contributed by atoms with van der Waals surface area (Å²) in [5.41, 5.74) is 9.39. The highest BCUT2D eigenvalue weighted by molar-refractivity contribution is 6.32. The third kappa shape index (κ3) is 4.06. The molecule has 178 valence electrons. The predicted octanol–water partition coefficient (Wildman–Crippen LogP) is 3.42. The number of nitrogens with zero attached hydrogens (tertiary/aromatic N) is 5. The molecule has 1 aliphatic heterocycles. The van der Waals surface area contributed by atoms with E-state index in [0.29, 0.717) is 11.3 Å². The maximum Gasteiger partial charge on any atom is 0.356 e. The second kappa shape index (κ2) is 8.51. The van der Waals surface area contributed by atoms with E-state index in [9.17, 15) is 9.90 Å². The lowest BCUT2D eigenvalue weighted by molar-refractivity contribution is 0.277. The fraction of sp³-hybridized carbons (Fsp3) is 0.280. The first-order chi connectivity index (χ1) is 17.0. The molecule has 6 rings (SSSR count). The Morgan fingerprint density at radius 2 is 1.89 bits per heavy atom. The minimum atomic E-state index is -0.701. The zero-order valence-electron chi connectivity index (χ0n) is 18.9. The number of fused-ring (bicyclic) bond motifs is 2. The smallest absolute Gasteiger partial charge is 0.356 e. The summed E-state index contributed by atoms with van der Waals surface area (Å²) in [7, 11) is 0. The number of phenolic OH excluding ortho intramolecular Hbond substituents is 1. The van der Waals surface area contributed by atoms with Crippen molar-refractivity contribution < 1.29 is 5.11 Å². The van der Waals surface area contributed by atoms with E-state index >= 15 is 0 Å². The Morgan fingerprint density at radius 3 is 2.66 bits per heavy atom. The molecule has 3 heterocycles. The number of benzene rings is 2. The molecule has 0 bridgehead atoms. The van der Waals surface area contributed by atoms with Crippen LogP contribution in [0.4, 0.5) is 17.5 Å². The number of halogens is 1. The van der Waals surface area contributed by atoms with E-state index in [1.807, 2.05) is 6.07 Å². The standard InChI is InChI=1S/C25H24ClN7O2/c26-19-2-1-3-20(34)21(19)33-22(27)18-13-28-24(30-23(18)31-25(33)35)29-16-5-4-14-8-10-32(17-6-7-17)11-9-15(14)12-16/h1-5,12-13,17,34H,6-11,27H2,(H,29,30,31,35). The summed E-state index contributed by atoms with van der Waals surface area (Å²) in [6, 6.07) is 11.7. The summed E-state index contributed by atoms with van der Waals surface area (Å²) in [4.78, 5) is 28.3. The molecule has 2 aromatic carbocycles. The van der Waals surface area contributed by atoms with Gasteiger partial charge in [0.15, 0.2) is 5.65 Å². The molecular formula is C25H24ClN7O2. The summed E-state index contributed by atoms with van der Waals surface area (Å²) >= 11 is 6.21. The largest absolute Gasteiger partial charge is 0.506 e. The van der Waals surface area contributed by atoms with Gasteiger partial charge in [0.2, 0.25) is 5.95 Å². The number of nitrogens with two attached hydrogens (primary N) is 1. The van der Waals surface area contributed by atoms with Gasteiger partial charge in [-0.05, 0) is 61.1 Å². The Bertz CT molecular complexity index is 1500. The molecule has 2 aliphatic rings. The zero-order valence-corrected chi connectivity index (χ0v) is 19.7. The molecule has 0 unspecified atom stereocenters. The molecule has 9 nitrogen and oxygen atoms in total. The van der Waals surface area contributed by atoms with Gasteiger partial charge in [-0.15, -0.1) is 0 Å². The molecular weight excluding hydrogens is 466 g/mol. The molecule has 4 N–H and O–H groups in total. The van der Waals surface area contributed by atoms with E-state index < -0.39 is 5.69 Å². The summed E-state index contributed by atoms with van der Waals surface area (Å²) in [6.45, 7) is 2.21. The highest BCUT2D eigenvalue weighted by Gasteiger charge is 2.29. The maximum absolute atomic E-state index is 12.8. The van der Waals surface area contributed by atoms with Crippen molar-refractivity contribution in [2.75, 3.05) is 24.1 Å². The first-order valence-electron chi connectivity index (χ1n) is 11.6. The monoisotopic (exact) mass is 489 g/mol. The number of rotatable bonds is 4. The number of phenols is 1. The van der Waals surface area contributed by atoms with Gasteiger partial charge >= 0.3 is 5.69 Å². The zero-order chi connectivity index (χ0) is 24.1. The highest BCUT2D eigenvalue weighted by atomic mass is 35.5. The second-order valence-electron chi connectivity index (χ2n) is 9.03. The van der Waals surface area contributed by atoms with Crippen molar-refractivity contribution in [3.05, 3.63) is 69.2 Å². The van der Waals surface area contributed by atoms with Gasteiger partial charge in [-0.2, -0.15) is 9.97 Å². The topological polar surface area (TPSA) is 122 Å². The van der Waals surface area contributed by atoms with Crippen molar-refractivity contribution >= 4 is 40.1 Å². The summed E-state index contributed by atoms with van der Waals surface area (Å²) in [5, 5.41) is 14.0. The lowest BCUT2D eigenvalue weighted by Gasteiger charge is -2.18. The van der Waals surface area contributed by atoms with Crippen LogP contribution in [0.15, 0.2) is 47.4 Å². The van der Waals surface area contributed by atoms with Crippen LogP contribution in [0.2, 0.25) is 5.02 Å². The number of hydrogen-bond acceptors (Lipinski definition) is 8. The molecule has 1 aliphatic carbocycles. The van der Waals surface area contributed by atoms with E-state index in [-0.39, 0.29) is 27.9 Å². The molecule has 0 amide bonds. The first kappa shape index (κ1) is 21.8. The molecule has 0 saturated heterocycles. The molecule has 2 aromatic heterocycles. The van der Waals surface area contributed by atoms with Gasteiger partial charge < -0.3 is 16.2 Å². The van der Waals surface area contributed by atoms with Crippen LogP contribution in [0.3, 0.4) is 0 Å². The third-order valence-corrected chi connectivity index (χ3v) is 7.03. The maximum atomic E-state index is 12.8. The lowest BCUT2D eigenvalue weighted by atomic mass is 10.0. The summed E-state index contributed by atoms with van der Waals surface area (Å²) in [5.74, 6) is 0.172. The lowest BCUT2D eigenvalue weighted by Crippen LogP contribution is -2.28. The Hall–Kier alpha value is -3.69. The van der Waals surface area contributed by atoms with Crippen molar-refractivity contribution in [3.63, 3.8) is 0 Å². The van der Waals surface area contributed by atoms with Crippen LogP contribution in [-0.2, 0) is 12.8 Å². The summed E-state index contributed by atoms with van der Waals surface area (Å²) < 4.78 is 1.06. The number of nitrogen functional groups attached to an aromatic ring is 1. The fourth-order valence-electron chi connectivity index (χ4n) is 4.76. The van der Waals surface area contributed by atoms with Gasteiger partial charge in [0, 0.05) is 31.0 Å². The van der Waals surface area contributed by atoms with Crippen molar-refractivity contribution in [3.8, 4) is 11.4 Å². The van der Waals surface area contributed by atoms with E-state index in [2.05, 4.69) is 37.3 Å². The number of hydrogen-bond donors (Lipinski definition) is 3. The number of anilines is 3. The van der Waals surface area contributed by atoms with Crippen LogP contribution in [0.25, 0.3) is 16.7 Å². The Balaban J connectivity index is 1.30. The van der Waals surface area contributed by atoms with E-state index in [4.69, 9.17) is 17.3 Å². The fourth-order valence-corrected chi connectivity index (χ4v) is 5.01. The van der Waals surface area contributed by atoms with E-state index in [1.165, 1.54) is 36.2 Å². The average Bonchev–Trinajstić information content (AvgIpc) is 3.68. The van der Waals surface area contributed by atoms with Crippen molar-refractivity contribution in [2.45, 2.75) is 31.7 Å². The van der Waals surface area contributed by atoms with Crippen molar-refractivity contribution in [1.82, 2.24) is 24.4 Å². The Kier molecular flexibility index (Phi) is 5.31. The van der Waals surface area contributed by atoms with Crippen LogP contribution in [0, 0.1) is 0 Å². The van der Waals surface area contributed by atoms with Crippen LogP contribution in [0.1, 0.15) is 24.0 Å². The van der Waals surface area contributed by atoms with Gasteiger partial charge in [-0.3, -0.25) is 4.90 Å². The van der Waals surface area contributed by atoms with Gasteiger partial charge in [-0.1, -0.05) is 23.7 Å². The average molecular weight is 490 g/mol. The number of nitrogens with one attached hydrogen (secondary N) is 1. The van der Waals surface area contributed by atoms with Gasteiger partial charge in [0.25, 0.3) is 0 Å². The molecule has 0 atom stereocenters. The van der Waals surface area contributed by atoms with E-state index in [0.717, 1.165) is 42.2 Å². The molecule has 1 fully saturated rings. The minimum absolute atomic E-state index is 0.0418. The quantitative estimate of drug-likeness (QED) is 0.398. The van der Waals surface area contributed by atoms with Crippen LogP contribution < -0.4 is 16.7 Å². The first-order valence-corrected chi connectivity index (χ1v) is 12.0. The molecule has 0 radical (unpaired) electrons.